The average Bonchev–Trinajstić information content (AvgIpc) is 3.59. The zero-order valence-corrected chi connectivity index (χ0v) is 18.6. The number of amides is 1. The zero-order valence-electron chi connectivity index (χ0n) is 17.9. The van der Waals surface area contributed by atoms with Crippen LogP contribution in [0.25, 0.3) is 0 Å². The SMILES string of the molecule is CC(C)(C)OC(=O)c1ccc(N2CCC(OCCC3C4(CC4)C34CC4)C2=O)nc1Cl. The van der Waals surface area contributed by atoms with Crippen LogP contribution in [0.3, 0.4) is 0 Å². The number of fused-ring (bicyclic) bond motifs is 1. The molecule has 7 heteroatoms. The molecule has 5 rings (SSSR count). The van der Waals surface area contributed by atoms with Gasteiger partial charge in [-0.2, -0.15) is 0 Å². The van der Waals surface area contributed by atoms with Crippen molar-refractivity contribution in [1.29, 1.82) is 0 Å². The number of carbonyl (C=O) groups excluding carboxylic acids is 2. The van der Waals surface area contributed by atoms with E-state index in [1.807, 2.05) is 0 Å². The standard InChI is InChI=1S/C23H29ClN2O4/c1-21(2,3)30-20(28)14-4-5-17(25-18(14)24)26-12-6-15(19(26)27)29-13-7-16-22(8-9-22)23(16)10-11-23/h4-5,15-16H,6-13H2,1-3H3. The van der Waals surface area contributed by atoms with Crippen LogP contribution in [0.2, 0.25) is 5.15 Å². The van der Waals surface area contributed by atoms with E-state index in [0.29, 0.717) is 36.2 Å². The van der Waals surface area contributed by atoms with E-state index in [-0.39, 0.29) is 16.6 Å². The second-order valence-corrected chi connectivity index (χ2v) is 10.7. The van der Waals surface area contributed by atoms with Gasteiger partial charge in [-0.25, -0.2) is 9.78 Å². The summed E-state index contributed by atoms with van der Waals surface area (Å²) in [4.78, 5) is 31.0. The van der Waals surface area contributed by atoms with E-state index in [0.717, 1.165) is 12.3 Å². The van der Waals surface area contributed by atoms with Crippen molar-refractivity contribution in [3.63, 3.8) is 0 Å². The molecule has 0 N–H and O–H groups in total. The van der Waals surface area contributed by atoms with Crippen LogP contribution in [0.15, 0.2) is 12.1 Å². The van der Waals surface area contributed by atoms with Crippen molar-refractivity contribution in [3.05, 3.63) is 22.8 Å². The summed E-state index contributed by atoms with van der Waals surface area (Å²) >= 11 is 6.23. The lowest BCUT2D eigenvalue weighted by Gasteiger charge is -2.20. The molecule has 4 aliphatic rings. The van der Waals surface area contributed by atoms with Crippen LogP contribution in [0.5, 0.6) is 0 Å². The Bertz CT molecular complexity index is 883. The van der Waals surface area contributed by atoms with Gasteiger partial charge in [0.15, 0.2) is 0 Å². The molecule has 1 aromatic rings. The Hall–Kier alpha value is -1.66. The predicted octanol–water partition coefficient (Wildman–Crippen LogP) is 4.39. The summed E-state index contributed by atoms with van der Waals surface area (Å²) in [6, 6.07) is 3.21. The fourth-order valence-electron chi connectivity index (χ4n) is 5.78. The number of aromatic nitrogens is 1. The number of halogens is 1. The molecule has 2 spiro atoms. The summed E-state index contributed by atoms with van der Waals surface area (Å²) in [5.74, 6) is 0.669. The number of anilines is 1. The van der Waals surface area contributed by atoms with Crippen molar-refractivity contribution in [2.24, 2.45) is 16.7 Å². The summed E-state index contributed by atoms with van der Waals surface area (Å²) in [6.07, 6.45) is 6.92. The molecular formula is C23H29ClN2O4. The van der Waals surface area contributed by atoms with Gasteiger partial charge in [0.2, 0.25) is 0 Å². The van der Waals surface area contributed by atoms with Crippen LogP contribution < -0.4 is 4.90 Å². The number of pyridine rings is 1. The number of ether oxygens (including phenoxy) is 2. The van der Waals surface area contributed by atoms with E-state index in [1.165, 1.54) is 25.7 Å². The molecule has 1 atom stereocenters. The number of hydrogen-bond acceptors (Lipinski definition) is 5. The number of esters is 1. The molecule has 0 radical (unpaired) electrons. The van der Waals surface area contributed by atoms with Gasteiger partial charge in [-0.05, 0) is 81.8 Å². The molecule has 0 bridgehead atoms. The molecule has 3 saturated carbocycles. The molecule has 1 unspecified atom stereocenters. The van der Waals surface area contributed by atoms with E-state index in [4.69, 9.17) is 21.1 Å². The maximum atomic E-state index is 12.8. The minimum Gasteiger partial charge on any atom is -0.456 e. The second-order valence-electron chi connectivity index (χ2n) is 10.3. The van der Waals surface area contributed by atoms with Gasteiger partial charge < -0.3 is 9.47 Å². The minimum absolute atomic E-state index is 0.0390. The zero-order chi connectivity index (χ0) is 21.3. The predicted molar refractivity (Wildman–Crippen MR) is 113 cm³/mol. The molecule has 1 aliphatic heterocycles. The fraction of sp³-hybridized carbons (Fsp3) is 0.696. The Morgan fingerprint density at radius 3 is 2.47 bits per heavy atom. The van der Waals surface area contributed by atoms with Crippen molar-refractivity contribution in [2.45, 2.75) is 71.0 Å². The minimum atomic E-state index is -0.618. The van der Waals surface area contributed by atoms with Crippen LogP contribution in [0.4, 0.5) is 5.82 Å². The van der Waals surface area contributed by atoms with Crippen molar-refractivity contribution in [1.82, 2.24) is 4.98 Å². The Morgan fingerprint density at radius 1 is 1.23 bits per heavy atom. The number of rotatable bonds is 6. The first-order valence-electron chi connectivity index (χ1n) is 11.0. The molecule has 6 nitrogen and oxygen atoms in total. The van der Waals surface area contributed by atoms with E-state index in [1.54, 1.807) is 37.8 Å². The van der Waals surface area contributed by atoms with Crippen LogP contribution in [0.1, 0.15) is 69.7 Å². The van der Waals surface area contributed by atoms with Crippen molar-refractivity contribution >= 4 is 29.3 Å². The molecule has 1 saturated heterocycles. The van der Waals surface area contributed by atoms with E-state index >= 15 is 0 Å². The first-order chi connectivity index (χ1) is 14.2. The van der Waals surface area contributed by atoms with Gasteiger partial charge >= 0.3 is 5.97 Å². The molecule has 30 heavy (non-hydrogen) atoms. The van der Waals surface area contributed by atoms with Crippen LogP contribution >= 0.6 is 11.6 Å². The van der Waals surface area contributed by atoms with Gasteiger partial charge in [0.1, 0.15) is 22.7 Å². The highest BCUT2D eigenvalue weighted by Crippen LogP contribution is 2.93. The van der Waals surface area contributed by atoms with Crippen molar-refractivity contribution in [3.8, 4) is 0 Å². The van der Waals surface area contributed by atoms with E-state index < -0.39 is 17.7 Å². The summed E-state index contributed by atoms with van der Waals surface area (Å²) < 4.78 is 11.3. The lowest BCUT2D eigenvalue weighted by Crippen LogP contribution is -2.31. The summed E-state index contributed by atoms with van der Waals surface area (Å²) in [5, 5.41) is 0.0390. The monoisotopic (exact) mass is 432 g/mol. The molecule has 2 heterocycles. The maximum absolute atomic E-state index is 12.8. The quantitative estimate of drug-likeness (QED) is 0.492. The van der Waals surface area contributed by atoms with Gasteiger partial charge in [-0.1, -0.05) is 11.6 Å². The topological polar surface area (TPSA) is 68.7 Å². The van der Waals surface area contributed by atoms with Crippen LogP contribution in [-0.2, 0) is 14.3 Å². The molecule has 1 amide bonds. The van der Waals surface area contributed by atoms with Crippen LogP contribution in [0, 0.1) is 16.7 Å². The summed E-state index contributed by atoms with van der Waals surface area (Å²) in [7, 11) is 0. The highest BCUT2D eigenvalue weighted by atomic mass is 35.5. The molecule has 4 fully saturated rings. The number of nitrogens with zero attached hydrogens (tertiary/aromatic N) is 2. The lowest BCUT2D eigenvalue weighted by molar-refractivity contribution is -0.127. The smallest absolute Gasteiger partial charge is 0.341 e. The lowest BCUT2D eigenvalue weighted by atomic mass is 10.2. The average molecular weight is 433 g/mol. The van der Waals surface area contributed by atoms with E-state index in [2.05, 4.69) is 4.98 Å². The van der Waals surface area contributed by atoms with Gasteiger partial charge in [0.05, 0.1) is 5.56 Å². The molecule has 162 valence electrons. The van der Waals surface area contributed by atoms with Gasteiger partial charge in [-0.15, -0.1) is 0 Å². The Labute approximate surface area is 182 Å². The summed E-state index contributed by atoms with van der Waals surface area (Å²) in [6.45, 7) is 6.57. The second kappa shape index (κ2) is 6.67. The Morgan fingerprint density at radius 2 is 1.90 bits per heavy atom. The molecular weight excluding hydrogens is 404 g/mol. The third kappa shape index (κ3) is 3.23. The Kier molecular flexibility index (Phi) is 4.50. The third-order valence-electron chi connectivity index (χ3n) is 7.43. The number of hydrogen-bond donors (Lipinski definition) is 0. The van der Waals surface area contributed by atoms with Crippen LogP contribution in [-0.4, -0.2) is 41.7 Å². The first kappa shape index (κ1) is 20.3. The molecule has 3 aliphatic carbocycles. The van der Waals surface area contributed by atoms with Gasteiger partial charge in [-0.3, -0.25) is 9.69 Å². The van der Waals surface area contributed by atoms with Gasteiger partial charge in [0.25, 0.3) is 5.91 Å². The largest absolute Gasteiger partial charge is 0.456 e. The maximum Gasteiger partial charge on any atom is 0.341 e. The van der Waals surface area contributed by atoms with Crippen molar-refractivity contribution < 1.29 is 19.1 Å². The fourth-order valence-corrected chi connectivity index (χ4v) is 6.01. The van der Waals surface area contributed by atoms with Crippen molar-refractivity contribution in [2.75, 3.05) is 18.1 Å². The van der Waals surface area contributed by atoms with Gasteiger partial charge in [0, 0.05) is 19.6 Å². The molecule has 0 aromatic carbocycles. The summed E-state index contributed by atoms with van der Waals surface area (Å²) in [5.41, 5.74) is 0.937. The third-order valence-corrected chi connectivity index (χ3v) is 7.72. The first-order valence-corrected chi connectivity index (χ1v) is 11.4. The molecule has 1 aromatic heterocycles. The number of carbonyl (C=O) groups is 2. The highest BCUT2D eigenvalue weighted by molar-refractivity contribution is 6.32. The van der Waals surface area contributed by atoms with E-state index in [9.17, 15) is 9.59 Å². The Balaban J connectivity index is 1.17. The highest BCUT2D eigenvalue weighted by Gasteiger charge is 2.85. The normalized spacial score (nSPS) is 25.8.